The monoisotopic (exact) mass is 248 g/mol. The van der Waals surface area contributed by atoms with E-state index in [1.807, 2.05) is 30.3 Å². The number of nitrogens with zero attached hydrogens (tertiary/aromatic N) is 1. The third kappa shape index (κ3) is 5.48. The number of benzene rings is 1. The minimum atomic E-state index is 0.503. The molecular weight excluding hydrogens is 228 g/mol. The van der Waals surface area contributed by atoms with Crippen LogP contribution in [-0.2, 0) is 9.59 Å². The van der Waals surface area contributed by atoms with Gasteiger partial charge in [-0.2, -0.15) is 0 Å². The third-order valence-electron chi connectivity index (χ3n) is 2.81. The summed E-state index contributed by atoms with van der Waals surface area (Å²) in [5.41, 5.74) is 1.12. The Balaban J connectivity index is 2.16. The molecule has 4 nitrogen and oxygen atoms in total. The molecule has 0 saturated carbocycles. The fourth-order valence-electron chi connectivity index (χ4n) is 1.70. The van der Waals surface area contributed by atoms with Crippen molar-refractivity contribution in [2.45, 2.75) is 19.8 Å². The van der Waals surface area contributed by atoms with Gasteiger partial charge in [0.1, 0.15) is 0 Å². The maximum Gasteiger partial charge on any atom is 0.216 e. The molecule has 0 fully saturated rings. The molecule has 1 atom stereocenters. The zero-order chi connectivity index (χ0) is 13.2. The summed E-state index contributed by atoms with van der Waals surface area (Å²) < 4.78 is 0. The van der Waals surface area contributed by atoms with E-state index in [-0.39, 0.29) is 0 Å². The molecule has 0 aromatic heterocycles. The van der Waals surface area contributed by atoms with Gasteiger partial charge in [-0.1, -0.05) is 25.1 Å². The van der Waals surface area contributed by atoms with Gasteiger partial charge in [0.25, 0.3) is 0 Å². The summed E-state index contributed by atoms with van der Waals surface area (Å²) >= 11 is 0. The van der Waals surface area contributed by atoms with E-state index in [1.54, 1.807) is 0 Å². The summed E-state index contributed by atoms with van der Waals surface area (Å²) in [5, 5.41) is 3.36. The first kappa shape index (κ1) is 14.2. The van der Waals surface area contributed by atoms with E-state index >= 15 is 0 Å². The molecule has 1 unspecified atom stereocenters. The second-order valence-corrected chi connectivity index (χ2v) is 4.44. The van der Waals surface area contributed by atoms with Gasteiger partial charge in [-0.25, -0.2) is 0 Å². The highest BCUT2D eigenvalue weighted by Crippen LogP contribution is 2.10. The second kappa shape index (κ2) is 8.28. The van der Waals surface area contributed by atoms with Gasteiger partial charge in [0, 0.05) is 18.8 Å². The van der Waals surface area contributed by atoms with E-state index in [1.165, 1.54) is 0 Å². The molecule has 0 spiro atoms. The molecule has 4 heteroatoms. The van der Waals surface area contributed by atoms with Crippen LogP contribution in [0.4, 0.5) is 5.69 Å². The highest BCUT2D eigenvalue weighted by atomic mass is 16.2. The maximum absolute atomic E-state index is 10.4. The maximum atomic E-state index is 10.4. The Morgan fingerprint density at radius 1 is 1.22 bits per heavy atom. The lowest BCUT2D eigenvalue weighted by Crippen LogP contribution is -2.22. The van der Waals surface area contributed by atoms with Crippen LogP contribution in [0.1, 0.15) is 19.8 Å². The van der Waals surface area contributed by atoms with Crippen LogP contribution < -0.4 is 5.32 Å². The van der Waals surface area contributed by atoms with Gasteiger partial charge in [-0.3, -0.25) is 14.5 Å². The predicted molar refractivity (Wildman–Crippen MR) is 72.2 cm³/mol. The van der Waals surface area contributed by atoms with Crippen molar-refractivity contribution in [2.75, 3.05) is 18.4 Å². The van der Waals surface area contributed by atoms with Crippen molar-refractivity contribution in [1.82, 2.24) is 4.90 Å². The lowest BCUT2D eigenvalue weighted by molar-refractivity contribution is -0.129. The van der Waals surface area contributed by atoms with Crippen molar-refractivity contribution in [3.8, 4) is 0 Å². The highest BCUT2D eigenvalue weighted by molar-refractivity contribution is 5.68. The minimum absolute atomic E-state index is 0.503. The normalized spacial score (nSPS) is 11.6. The number of anilines is 1. The Morgan fingerprint density at radius 2 is 1.89 bits per heavy atom. The van der Waals surface area contributed by atoms with Gasteiger partial charge in [0.2, 0.25) is 12.8 Å². The molecule has 98 valence electrons. The van der Waals surface area contributed by atoms with Gasteiger partial charge in [-0.15, -0.1) is 0 Å². The minimum Gasteiger partial charge on any atom is -0.385 e. The van der Waals surface area contributed by atoms with Gasteiger partial charge >= 0.3 is 0 Å². The van der Waals surface area contributed by atoms with Crippen LogP contribution in [0.3, 0.4) is 0 Å². The molecule has 0 aliphatic carbocycles. The van der Waals surface area contributed by atoms with E-state index in [9.17, 15) is 9.59 Å². The number of hydrogen-bond donors (Lipinski definition) is 1. The van der Waals surface area contributed by atoms with Crippen LogP contribution in [0.15, 0.2) is 30.3 Å². The zero-order valence-electron chi connectivity index (χ0n) is 10.7. The first-order chi connectivity index (χ1) is 8.76. The standard InChI is InChI=1S/C14H20N2O2/c1-13(6-5-9-16(11-17)12-18)10-15-14-7-3-2-4-8-14/h2-4,7-8,11-13,15H,5-6,9-10H2,1H3. The molecule has 0 aliphatic heterocycles. The Morgan fingerprint density at radius 3 is 2.50 bits per heavy atom. The third-order valence-corrected chi connectivity index (χ3v) is 2.81. The van der Waals surface area contributed by atoms with Crippen LogP contribution in [0.5, 0.6) is 0 Å². The first-order valence-corrected chi connectivity index (χ1v) is 6.21. The quantitative estimate of drug-likeness (QED) is 0.681. The largest absolute Gasteiger partial charge is 0.385 e. The summed E-state index contributed by atoms with van der Waals surface area (Å²) in [6.45, 7) is 3.55. The number of para-hydroxylation sites is 1. The summed E-state index contributed by atoms with van der Waals surface area (Å²) in [6.07, 6.45) is 2.97. The molecule has 1 aromatic carbocycles. The number of imide groups is 1. The van der Waals surface area contributed by atoms with Crippen molar-refractivity contribution in [3.05, 3.63) is 30.3 Å². The average Bonchev–Trinajstić information content (AvgIpc) is 2.42. The number of amides is 2. The number of carbonyl (C=O) groups is 2. The van der Waals surface area contributed by atoms with E-state index < -0.39 is 0 Å². The van der Waals surface area contributed by atoms with E-state index in [2.05, 4.69) is 12.2 Å². The molecule has 1 aromatic rings. The van der Waals surface area contributed by atoms with Gasteiger partial charge < -0.3 is 5.32 Å². The van der Waals surface area contributed by atoms with Gasteiger partial charge in [0.05, 0.1) is 0 Å². The Hall–Kier alpha value is -1.84. The number of carbonyl (C=O) groups excluding carboxylic acids is 2. The molecule has 0 saturated heterocycles. The second-order valence-electron chi connectivity index (χ2n) is 4.44. The van der Waals surface area contributed by atoms with E-state index in [0.717, 1.165) is 30.0 Å². The Bertz CT molecular complexity index is 346. The summed E-state index contributed by atoms with van der Waals surface area (Å²) in [4.78, 5) is 21.9. The van der Waals surface area contributed by atoms with Crippen LogP contribution in [0.2, 0.25) is 0 Å². The number of hydrogen-bond acceptors (Lipinski definition) is 3. The van der Waals surface area contributed by atoms with E-state index in [4.69, 9.17) is 0 Å². The summed E-state index contributed by atoms with van der Waals surface area (Å²) in [7, 11) is 0. The fourth-order valence-corrected chi connectivity index (χ4v) is 1.70. The van der Waals surface area contributed by atoms with Crippen molar-refractivity contribution < 1.29 is 9.59 Å². The zero-order valence-corrected chi connectivity index (χ0v) is 10.7. The van der Waals surface area contributed by atoms with Crippen LogP contribution in [0, 0.1) is 5.92 Å². The number of nitrogens with one attached hydrogen (secondary N) is 1. The van der Waals surface area contributed by atoms with E-state index in [0.29, 0.717) is 25.3 Å². The molecule has 1 rings (SSSR count). The summed E-state index contributed by atoms with van der Waals surface area (Å²) in [6, 6.07) is 10.1. The lowest BCUT2D eigenvalue weighted by Gasteiger charge is -2.14. The first-order valence-electron chi connectivity index (χ1n) is 6.21. The van der Waals surface area contributed by atoms with Crippen molar-refractivity contribution in [2.24, 2.45) is 5.92 Å². The number of rotatable bonds is 9. The van der Waals surface area contributed by atoms with Crippen LogP contribution >= 0.6 is 0 Å². The molecular formula is C14H20N2O2. The predicted octanol–water partition coefficient (Wildman–Crippen LogP) is 2.13. The molecule has 0 bridgehead atoms. The molecule has 0 heterocycles. The smallest absolute Gasteiger partial charge is 0.216 e. The Kier molecular flexibility index (Phi) is 6.54. The van der Waals surface area contributed by atoms with Crippen LogP contribution in [0.25, 0.3) is 0 Å². The molecule has 1 N–H and O–H groups in total. The van der Waals surface area contributed by atoms with Crippen molar-refractivity contribution >= 4 is 18.5 Å². The topological polar surface area (TPSA) is 49.4 Å². The van der Waals surface area contributed by atoms with Crippen LogP contribution in [-0.4, -0.2) is 30.8 Å². The van der Waals surface area contributed by atoms with Crippen molar-refractivity contribution in [1.29, 1.82) is 0 Å². The molecule has 0 aliphatic rings. The molecule has 2 amide bonds. The van der Waals surface area contributed by atoms with Crippen molar-refractivity contribution in [3.63, 3.8) is 0 Å². The molecule has 0 radical (unpaired) electrons. The molecule has 18 heavy (non-hydrogen) atoms. The fraction of sp³-hybridized carbons (Fsp3) is 0.429. The highest BCUT2D eigenvalue weighted by Gasteiger charge is 2.04. The SMILES string of the molecule is CC(CCCN(C=O)C=O)CNc1ccccc1. The van der Waals surface area contributed by atoms with Gasteiger partial charge in [-0.05, 0) is 30.9 Å². The lowest BCUT2D eigenvalue weighted by atomic mass is 10.1. The van der Waals surface area contributed by atoms with Gasteiger partial charge in [0.15, 0.2) is 0 Å². The average molecular weight is 248 g/mol. The Labute approximate surface area is 108 Å². The summed E-state index contributed by atoms with van der Waals surface area (Å²) in [5.74, 6) is 0.505.